The number of hydrogen-bond acceptors (Lipinski definition) is 5. The molecule has 0 aromatic heterocycles. The van der Waals surface area contributed by atoms with Gasteiger partial charge in [0.05, 0.1) is 22.0 Å². The van der Waals surface area contributed by atoms with E-state index >= 15 is 0 Å². The summed E-state index contributed by atoms with van der Waals surface area (Å²) in [6.07, 6.45) is 0.0389. The highest BCUT2D eigenvalue weighted by Gasteiger charge is 2.22. The number of hydrogen-bond donors (Lipinski definition) is 1. The molecule has 0 atom stereocenters. The molecule has 3 aromatic rings. The smallest absolute Gasteiger partial charge is 0.264 e. The topological polar surface area (TPSA) is 84.9 Å². The summed E-state index contributed by atoms with van der Waals surface area (Å²) in [5.41, 5.74) is 1.57. The van der Waals surface area contributed by atoms with E-state index in [9.17, 15) is 13.2 Å². The standard InChI is InChI=1S/C23H21ClN2O5S/c1-26(18-7-3-2-4-8-18)32(28,29)19-9-5-6-17(15-19)25-22(27)14-16-12-20(24)23-21(13-16)30-10-11-31-23/h2-9,12-13,15H,10-11,14H2,1H3,(H,25,27). The van der Waals surface area contributed by atoms with Crippen molar-refractivity contribution in [2.45, 2.75) is 11.3 Å². The largest absolute Gasteiger partial charge is 0.486 e. The summed E-state index contributed by atoms with van der Waals surface area (Å²) >= 11 is 6.23. The van der Waals surface area contributed by atoms with Crippen LogP contribution in [0.5, 0.6) is 11.5 Å². The van der Waals surface area contributed by atoms with Gasteiger partial charge in [0.2, 0.25) is 5.91 Å². The molecule has 1 heterocycles. The molecule has 3 aromatic carbocycles. The lowest BCUT2D eigenvalue weighted by Gasteiger charge is -2.20. The van der Waals surface area contributed by atoms with Crippen molar-refractivity contribution >= 4 is 38.9 Å². The number of nitrogens with zero attached hydrogens (tertiary/aromatic N) is 1. The molecule has 0 unspecified atom stereocenters. The minimum absolute atomic E-state index is 0.0389. The lowest BCUT2D eigenvalue weighted by atomic mass is 10.1. The van der Waals surface area contributed by atoms with Crippen molar-refractivity contribution in [2.75, 3.05) is 29.9 Å². The van der Waals surface area contributed by atoms with Gasteiger partial charge in [-0.3, -0.25) is 9.10 Å². The van der Waals surface area contributed by atoms with Crippen LogP contribution in [0.3, 0.4) is 0 Å². The number of amides is 1. The number of rotatable bonds is 6. The second-order valence-corrected chi connectivity index (χ2v) is 9.54. The highest BCUT2D eigenvalue weighted by atomic mass is 35.5. The Labute approximate surface area is 191 Å². The van der Waals surface area contributed by atoms with Crippen LogP contribution in [0, 0.1) is 0 Å². The van der Waals surface area contributed by atoms with E-state index in [0.717, 1.165) is 0 Å². The van der Waals surface area contributed by atoms with Crippen LogP contribution in [0.25, 0.3) is 0 Å². The molecule has 0 bridgehead atoms. The first-order valence-corrected chi connectivity index (χ1v) is 11.7. The zero-order valence-electron chi connectivity index (χ0n) is 17.2. The van der Waals surface area contributed by atoms with Crippen molar-refractivity contribution in [1.29, 1.82) is 0 Å². The number of para-hydroxylation sites is 1. The summed E-state index contributed by atoms with van der Waals surface area (Å²) in [7, 11) is -2.30. The van der Waals surface area contributed by atoms with Crippen molar-refractivity contribution in [3.63, 3.8) is 0 Å². The molecule has 0 aliphatic carbocycles. The molecule has 1 aliphatic heterocycles. The molecule has 0 radical (unpaired) electrons. The monoisotopic (exact) mass is 472 g/mol. The maximum Gasteiger partial charge on any atom is 0.264 e. The molecule has 4 rings (SSSR count). The van der Waals surface area contributed by atoms with Gasteiger partial charge in [-0.15, -0.1) is 0 Å². The lowest BCUT2D eigenvalue weighted by Crippen LogP contribution is -2.26. The maximum atomic E-state index is 13.0. The van der Waals surface area contributed by atoms with Crippen molar-refractivity contribution in [3.8, 4) is 11.5 Å². The fraction of sp³-hybridized carbons (Fsp3) is 0.174. The van der Waals surface area contributed by atoms with Crippen LogP contribution in [0.1, 0.15) is 5.56 Å². The summed E-state index contributed by atoms with van der Waals surface area (Å²) in [6, 6.07) is 18.3. The molecule has 0 spiro atoms. The SMILES string of the molecule is CN(c1ccccc1)S(=O)(=O)c1cccc(NC(=O)Cc2cc(Cl)c3c(c2)OCCO3)c1. The van der Waals surface area contributed by atoms with E-state index in [1.807, 2.05) is 6.07 Å². The van der Waals surface area contributed by atoms with E-state index in [1.165, 1.54) is 23.5 Å². The van der Waals surface area contributed by atoms with Gasteiger partial charge in [0.15, 0.2) is 11.5 Å². The molecule has 7 nitrogen and oxygen atoms in total. The van der Waals surface area contributed by atoms with Gasteiger partial charge in [-0.05, 0) is 48.0 Å². The Morgan fingerprint density at radius 1 is 1.03 bits per heavy atom. The van der Waals surface area contributed by atoms with Crippen LogP contribution in [0.4, 0.5) is 11.4 Å². The number of carbonyl (C=O) groups excluding carboxylic acids is 1. The summed E-state index contributed by atoms with van der Waals surface area (Å²) in [6.45, 7) is 0.836. The highest BCUT2D eigenvalue weighted by Crippen LogP contribution is 2.38. The van der Waals surface area contributed by atoms with Crippen molar-refractivity contribution in [3.05, 3.63) is 77.3 Å². The van der Waals surface area contributed by atoms with Crippen LogP contribution in [-0.4, -0.2) is 34.6 Å². The molecule has 0 saturated heterocycles. The number of halogens is 1. The predicted octanol–water partition coefficient (Wildman–Crippen LogP) is 4.12. The third-order valence-corrected chi connectivity index (χ3v) is 6.98. The molecule has 0 saturated carbocycles. The van der Waals surface area contributed by atoms with Crippen molar-refractivity contribution in [1.82, 2.24) is 0 Å². The molecule has 1 aliphatic rings. The minimum atomic E-state index is -3.79. The number of nitrogens with one attached hydrogen (secondary N) is 1. The van der Waals surface area contributed by atoms with Gasteiger partial charge in [-0.1, -0.05) is 35.9 Å². The van der Waals surface area contributed by atoms with E-state index < -0.39 is 10.0 Å². The molecule has 32 heavy (non-hydrogen) atoms. The second-order valence-electron chi connectivity index (χ2n) is 7.16. The van der Waals surface area contributed by atoms with Crippen molar-refractivity contribution < 1.29 is 22.7 Å². The quantitative estimate of drug-likeness (QED) is 0.583. The minimum Gasteiger partial charge on any atom is -0.486 e. The lowest BCUT2D eigenvalue weighted by molar-refractivity contribution is -0.115. The average molecular weight is 473 g/mol. The van der Waals surface area contributed by atoms with Gasteiger partial charge in [0.1, 0.15) is 13.2 Å². The van der Waals surface area contributed by atoms with Gasteiger partial charge < -0.3 is 14.8 Å². The normalized spacial score (nSPS) is 12.8. The molecular weight excluding hydrogens is 452 g/mol. The molecule has 9 heteroatoms. The summed E-state index contributed by atoms with van der Waals surface area (Å²) in [5.74, 6) is 0.662. The first-order chi connectivity index (χ1) is 15.3. The van der Waals surface area contributed by atoms with Crippen LogP contribution < -0.4 is 19.1 Å². The Balaban J connectivity index is 1.49. The Kier molecular flexibility index (Phi) is 6.25. The highest BCUT2D eigenvalue weighted by molar-refractivity contribution is 7.92. The van der Waals surface area contributed by atoms with Gasteiger partial charge in [-0.25, -0.2) is 8.42 Å². The third kappa shape index (κ3) is 4.66. The summed E-state index contributed by atoms with van der Waals surface area (Å²) < 4.78 is 38.2. The summed E-state index contributed by atoms with van der Waals surface area (Å²) in [4.78, 5) is 12.7. The fourth-order valence-electron chi connectivity index (χ4n) is 3.33. The number of sulfonamides is 1. The number of carbonyl (C=O) groups is 1. The van der Waals surface area contributed by atoms with Gasteiger partial charge in [0, 0.05) is 12.7 Å². The Morgan fingerprint density at radius 2 is 1.78 bits per heavy atom. The molecule has 166 valence electrons. The first-order valence-electron chi connectivity index (χ1n) is 9.86. The van der Waals surface area contributed by atoms with E-state index in [4.69, 9.17) is 21.1 Å². The van der Waals surface area contributed by atoms with Gasteiger partial charge in [0.25, 0.3) is 10.0 Å². The molecular formula is C23H21ClN2O5S. The second kappa shape index (κ2) is 9.10. The Morgan fingerprint density at radius 3 is 2.56 bits per heavy atom. The molecule has 1 N–H and O–H groups in total. The number of benzene rings is 3. The zero-order valence-corrected chi connectivity index (χ0v) is 18.8. The molecule has 0 fully saturated rings. The van der Waals surface area contributed by atoms with E-state index in [1.54, 1.807) is 48.5 Å². The summed E-state index contributed by atoms with van der Waals surface area (Å²) in [5, 5.41) is 3.12. The van der Waals surface area contributed by atoms with E-state index in [-0.39, 0.29) is 17.2 Å². The van der Waals surface area contributed by atoms with Crippen LogP contribution in [0.15, 0.2) is 71.6 Å². The number of ether oxygens (including phenoxy) is 2. The third-order valence-electron chi connectivity index (χ3n) is 4.92. The predicted molar refractivity (Wildman–Crippen MR) is 123 cm³/mol. The Bertz CT molecular complexity index is 1250. The zero-order chi connectivity index (χ0) is 22.7. The fourth-order valence-corrected chi connectivity index (χ4v) is 4.86. The number of fused-ring (bicyclic) bond motifs is 1. The molecule has 1 amide bonds. The van der Waals surface area contributed by atoms with E-state index in [2.05, 4.69) is 5.32 Å². The first kappa shape index (κ1) is 22.0. The van der Waals surface area contributed by atoms with Gasteiger partial charge in [-0.2, -0.15) is 0 Å². The maximum absolute atomic E-state index is 13.0. The Hall–Kier alpha value is -3.23. The number of anilines is 2. The van der Waals surface area contributed by atoms with Crippen molar-refractivity contribution in [2.24, 2.45) is 0 Å². The van der Waals surface area contributed by atoms with Gasteiger partial charge >= 0.3 is 0 Å². The van der Waals surface area contributed by atoms with Crippen LogP contribution in [-0.2, 0) is 21.2 Å². The average Bonchev–Trinajstić information content (AvgIpc) is 2.79. The van der Waals surface area contributed by atoms with Crippen LogP contribution >= 0.6 is 11.6 Å². The van der Waals surface area contributed by atoms with E-state index in [0.29, 0.717) is 46.7 Å². The van der Waals surface area contributed by atoms with Crippen LogP contribution in [0.2, 0.25) is 5.02 Å².